The molecule has 1 saturated heterocycles. The van der Waals surface area contributed by atoms with Crippen LogP contribution < -0.4 is 10.6 Å². The molecule has 0 radical (unpaired) electrons. The first-order chi connectivity index (χ1) is 11.8. The van der Waals surface area contributed by atoms with Crippen LogP contribution in [0.4, 0.5) is 0 Å². The van der Waals surface area contributed by atoms with Gasteiger partial charge in [0, 0.05) is 11.6 Å². The number of rotatable bonds is 6. The molecule has 9 heteroatoms. The summed E-state index contributed by atoms with van der Waals surface area (Å²) in [6, 6.07) is 7.01. The van der Waals surface area contributed by atoms with Crippen LogP contribution in [0.2, 0.25) is 0 Å². The van der Waals surface area contributed by atoms with Crippen LogP contribution >= 0.6 is 0 Å². The highest BCUT2D eigenvalue weighted by molar-refractivity contribution is 7.91. The molecule has 2 amide bonds. The third-order valence-corrected chi connectivity index (χ3v) is 5.45. The second-order valence-corrected chi connectivity index (χ2v) is 8.07. The van der Waals surface area contributed by atoms with E-state index in [2.05, 4.69) is 10.6 Å². The molecule has 2 N–H and O–H groups in total. The molecule has 0 spiro atoms. The summed E-state index contributed by atoms with van der Waals surface area (Å²) >= 11 is 0. The van der Waals surface area contributed by atoms with Crippen molar-refractivity contribution in [3.8, 4) is 0 Å². The van der Waals surface area contributed by atoms with E-state index in [-0.39, 0.29) is 11.5 Å². The number of hydrogen-bond donors (Lipinski definition) is 2. The Balaban J connectivity index is 1.74. The molecule has 0 bridgehead atoms. The highest BCUT2D eigenvalue weighted by atomic mass is 32.2. The summed E-state index contributed by atoms with van der Waals surface area (Å²) in [5.41, 5.74) is 0.405. The first-order valence-electron chi connectivity index (χ1n) is 7.79. The van der Waals surface area contributed by atoms with E-state index in [0.717, 1.165) is 0 Å². The van der Waals surface area contributed by atoms with E-state index in [0.29, 0.717) is 12.0 Å². The maximum absolute atomic E-state index is 11.9. The maximum atomic E-state index is 11.9. The number of sulfone groups is 1. The molecule has 0 saturated carbocycles. The Bertz CT molecular complexity index is 747. The van der Waals surface area contributed by atoms with Crippen LogP contribution in [-0.4, -0.2) is 56.4 Å². The topological polar surface area (TPSA) is 119 Å². The van der Waals surface area contributed by atoms with Gasteiger partial charge >= 0.3 is 5.97 Å². The molecule has 8 nitrogen and oxygen atoms in total. The van der Waals surface area contributed by atoms with E-state index in [9.17, 15) is 22.8 Å². The number of benzene rings is 1. The van der Waals surface area contributed by atoms with Crippen LogP contribution in [0.5, 0.6) is 0 Å². The minimum absolute atomic E-state index is 0.0420. The van der Waals surface area contributed by atoms with E-state index < -0.39 is 46.3 Å². The number of esters is 1. The first-order valence-corrected chi connectivity index (χ1v) is 9.61. The van der Waals surface area contributed by atoms with E-state index >= 15 is 0 Å². The Morgan fingerprint density at radius 3 is 2.52 bits per heavy atom. The molecule has 25 heavy (non-hydrogen) atoms. The molecule has 1 aromatic rings. The summed E-state index contributed by atoms with van der Waals surface area (Å²) < 4.78 is 27.5. The Labute approximate surface area is 145 Å². The zero-order valence-electron chi connectivity index (χ0n) is 13.7. The zero-order valence-corrected chi connectivity index (χ0v) is 14.5. The summed E-state index contributed by atoms with van der Waals surface area (Å²) in [5.74, 6) is -1.81. The van der Waals surface area contributed by atoms with E-state index in [1.165, 1.54) is 6.92 Å². The molecule has 0 aromatic heterocycles. The summed E-state index contributed by atoms with van der Waals surface area (Å²) in [5, 5.41) is 4.99. The molecule has 1 aliphatic heterocycles. The summed E-state index contributed by atoms with van der Waals surface area (Å²) in [6.45, 7) is 0.922. The van der Waals surface area contributed by atoms with E-state index in [4.69, 9.17) is 4.74 Å². The van der Waals surface area contributed by atoms with Gasteiger partial charge in [0.05, 0.1) is 11.5 Å². The fourth-order valence-corrected chi connectivity index (χ4v) is 4.04. The van der Waals surface area contributed by atoms with Gasteiger partial charge in [0.25, 0.3) is 11.8 Å². The van der Waals surface area contributed by atoms with Gasteiger partial charge in [-0.3, -0.25) is 9.59 Å². The third-order valence-electron chi connectivity index (χ3n) is 3.68. The van der Waals surface area contributed by atoms with Crippen molar-refractivity contribution >= 4 is 27.6 Å². The molecule has 1 aliphatic rings. The van der Waals surface area contributed by atoms with Gasteiger partial charge < -0.3 is 15.4 Å². The Kier molecular flexibility index (Phi) is 6.13. The lowest BCUT2D eigenvalue weighted by Crippen LogP contribution is -2.42. The first kappa shape index (κ1) is 18.9. The van der Waals surface area contributed by atoms with Crippen LogP contribution in [0.3, 0.4) is 0 Å². The second-order valence-electron chi connectivity index (χ2n) is 5.84. The van der Waals surface area contributed by atoms with Gasteiger partial charge in [-0.2, -0.15) is 0 Å². The van der Waals surface area contributed by atoms with Crippen molar-refractivity contribution in [1.82, 2.24) is 10.6 Å². The second kappa shape index (κ2) is 8.11. The molecular weight excluding hydrogens is 348 g/mol. The molecule has 1 aromatic carbocycles. The Morgan fingerprint density at radius 1 is 1.24 bits per heavy atom. The molecule has 136 valence electrons. The number of hydrogen-bond acceptors (Lipinski definition) is 6. The number of amides is 2. The van der Waals surface area contributed by atoms with Crippen molar-refractivity contribution in [2.24, 2.45) is 0 Å². The molecule has 2 atom stereocenters. The van der Waals surface area contributed by atoms with Crippen molar-refractivity contribution < 1.29 is 27.5 Å². The van der Waals surface area contributed by atoms with Crippen molar-refractivity contribution in [3.05, 3.63) is 35.9 Å². The van der Waals surface area contributed by atoms with Gasteiger partial charge in [-0.25, -0.2) is 13.2 Å². The van der Waals surface area contributed by atoms with Crippen molar-refractivity contribution in [1.29, 1.82) is 0 Å². The quantitative estimate of drug-likeness (QED) is 0.663. The summed E-state index contributed by atoms with van der Waals surface area (Å²) in [4.78, 5) is 35.5. The SMILES string of the molecule is C[C@H](NC(=O)c1ccccc1)C(=O)OCC(=O)N[C@H]1CCS(=O)(=O)C1. The van der Waals surface area contributed by atoms with Gasteiger partial charge in [0.15, 0.2) is 16.4 Å². The van der Waals surface area contributed by atoms with E-state index in [1.54, 1.807) is 30.3 Å². The molecule has 2 rings (SSSR count). The fraction of sp³-hybridized carbons (Fsp3) is 0.438. The average molecular weight is 368 g/mol. The molecule has 0 unspecified atom stereocenters. The smallest absolute Gasteiger partial charge is 0.328 e. The largest absolute Gasteiger partial charge is 0.454 e. The lowest BCUT2D eigenvalue weighted by Gasteiger charge is -2.14. The zero-order chi connectivity index (χ0) is 18.4. The lowest BCUT2D eigenvalue weighted by atomic mass is 10.2. The maximum Gasteiger partial charge on any atom is 0.328 e. The number of ether oxygens (including phenoxy) is 1. The molecule has 1 fully saturated rings. The number of nitrogens with one attached hydrogen (secondary N) is 2. The monoisotopic (exact) mass is 368 g/mol. The predicted molar refractivity (Wildman–Crippen MR) is 89.5 cm³/mol. The van der Waals surface area contributed by atoms with E-state index in [1.807, 2.05) is 0 Å². The molecule has 1 heterocycles. The van der Waals surface area contributed by atoms with Crippen LogP contribution in [0.25, 0.3) is 0 Å². The summed E-state index contributed by atoms with van der Waals surface area (Å²) in [7, 11) is -3.10. The Morgan fingerprint density at radius 2 is 1.92 bits per heavy atom. The normalized spacial score (nSPS) is 19.6. The van der Waals surface area contributed by atoms with Crippen molar-refractivity contribution in [2.75, 3.05) is 18.1 Å². The van der Waals surface area contributed by atoms with Crippen LogP contribution in [0, 0.1) is 0 Å². The van der Waals surface area contributed by atoms with Gasteiger partial charge in [0.1, 0.15) is 6.04 Å². The van der Waals surface area contributed by atoms with Crippen LogP contribution in [-0.2, 0) is 24.2 Å². The van der Waals surface area contributed by atoms with Gasteiger partial charge in [-0.15, -0.1) is 0 Å². The molecular formula is C16H20N2O6S. The van der Waals surface area contributed by atoms with Gasteiger partial charge in [-0.05, 0) is 25.5 Å². The van der Waals surface area contributed by atoms with Crippen LogP contribution in [0.1, 0.15) is 23.7 Å². The standard InChI is InChI=1S/C16H20N2O6S/c1-11(17-15(20)12-5-3-2-4-6-12)16(21)24-9-14(19)18-13-7-8-25(22,23)10-13/h2-6,11,13H,7-10H2,1H3,(H,17,20)(H,18,19)/t11-,13-/m0/s1. The minimum Gasteiger partial charge on any atom is -0.454 e. The minimum atomic E-state index is -3.10. The highest BCUT2D eigenvalue weighted by Gasteiger charge is 2.29. The average Bonchev–Trinajstić information content (AvgIpc) is 2.91. The number of carbonyl (C=O) groups excluding carboxylic acids is 3. The predicted octanol–water partition coefficient (Wildman–Crippen LogP) is -0.349. The lowest BCUT2D eigenvalue weighted by molar-refractivity contribution is -0.150. The summed E-state index contributed by atoms with van der Waals surface area (Å²) in [6.07, 6.45) is 0.353. The fourth-order valence-electron chi connectivity index (χ4n) is 2.37. The molecule has 0 aliphatic carbocycles. The van der Waals surface area contributed by atoms with Crippen molar-refractivity contribution in [2.45, 2.75) is 25.4 Å². The Hall–Kier alpha value is -2.42. The third kappa shape index (κ3) is 5.86. The highest BCUT2D eigenvalue weighted by Crippen LogP contribution is 2.11. The van der Waals surface area contributed by atoms with Gasteiger partial charge in [-0.1, -0.05) is 18.2 Å². The van der Waals surface area contributed by atoms with Gasteiger partial charge in [0.2, 0.25) is 0 Å². The van der Waals surface area contributed by atoms with Crippen LogP contribution in [0.15, 0.2) is 30.3 Å². The van der Waals surface area contributed by atoms with Crippen molar-refractivity contribution in [3.63, 3.8) is 0 Å². The number of carbonyl (C=O) groups is 3.